The van der Waals surface area contributed by atoms with Crippen molar-refractivity contribution in [1.82, 2.24) is 5.32 Å². The van der Waals surface area contributed by atoms with E-state index in [1.54, 1.807) is 0 Å². The normalized spacial score (nSPS) is 17.2. The minimum atomic E-state index is -0.0913. The van der Waals surface area contributed by atoms with E-state index in [0.29, 0.717) is 13.0 Å². The monoisotopic (exact) mass is 199 g/mol. The van der Waals surface area contributed by atoms with Crippen LogP contribution in [0.4, 0.5) is 0 Å². The van der Waals surface area contributed by atoms with Crippen molar-refractivity contribution in [3.05, 3.63) is 0 Å². The predicted molar refractivity (Wildman–Crippen MR) is 56.1 cm³/mol. The van der Waals surface area contributed by atoms with Gasteiger partial charge in [-0.15, -0.1) is 0 Å². The molecule has 0 aliphatic heterocycles. The number of rotatable bonds is 6. The Morgan fingerprint density at radius 3 is 2.79 bits per heavy atom. The lowest BCUT2D eigenvalue weighted by atomic mass is 10.1. The first-order valence-electron chi connectivity index (χ1n) is 5.69. The fourth-order valence-electron chi connectivity index (χ4n) is 1.94. The highest BCUT2D eigenvalue weighted by Gasteiger charge is 2.14. The molecule has 1 rings (SSSR count). The smallest absolute Gasteiger partial charge is 0.307 e. The van der Waals surface area contributed by atoms with Gasteiger partial charge in [0.15, 0.2) is 0 Å². The van der Waals surface area contributed by atoms with E-state index in [2.05, 4.69) is 5.32 Å². The minimum absolute atomic E-state index is 0.0913. The van der Waals surface area contributed by atoms with Crippen LogP contribution in [0.25, 0.3) is 0 Å². The van der Waals surface area contributed by atoms with Crippen molar-refractivity contribution >= 4 is 5.97 Å². The molecule has 1 fully saturated rings. The lowest BCUT2D eigenvalue weighted by Crippen LogP contribution is -2.24. The SMILES string of the molecule is CCOC(=O)CCNCC1CCCC1. The molecule has 0 saturated heterocycles. The van der Waals surface area contributed by atoms with Gasteiger partial charge >= 0.3 is 5.97 Å². The third kappa shape index (κ3) is 4.61. The molecule has 0 unspecified atom stereocenters. The summed E-state index contributed by atoms with van der Waals surface area (Å²) in [5.74, 6) is 0.753. The summed E-state index contributed by atoms with van der Waals surface area (Å²) < 4.78 is 4.83. The minimum Gasteiger partial charge on any atom is -0.466 e. The molecule has 0 aromatic heterocycles. The highest BCUT2D eigenvalue weighted by molar-refractivity contribution is 5.69. The van der Waals surface area contributed by atoms with Crippen LogP contribution in [0.5, 0.6) is 0 Å². The maximum atomic E-state index is 11.0. The van der Waals surface area contributed by atoms with E-state index in [9.17, 15) is 4.79 Å². The number of nitrogens with one attached hydrogen (secondary N) is 1. The molecule has 3 heteroatoms. The van der Waals surface area contributed by atoms with E-state index < -0.39 is 0 Å². The van der Waals surface area contributed by atoms with Gasteiger partial charge in [0.1, 0.15) is 0 Å². The van der Waals surface area contributed by atoms with Crippen molar-refractivity contribution in [2.75, 3.05) is 19.7 Å². The van der Waals surface area contributed by atoms with Crippen molar-refractivity contribution in [3.63, 3.8) is 0 Å². The Morgan fingerprint density at radius 1 is 1.43 bits per heavy atom. The summed E-state index contributed by atoms with van der Waals surface area (Å²) >= 11 is 0. The molecule has 0 spiro atoms. The Balaban J connectivity index is 1.90. The van der Waals surface area contributed by atoms with Crippen molar-refractivity contribution in [2.45, 2.75) is 39.0 Å². The van der Waals surface area contributed by atoms with E-state index >= 15 is 0 Å². The topological polar surface area (TPSA) is 38.3 Å². The fraction of sp³-hybridized carbons (Fsp3) is 0.909. The summed E-state index contributed by atoms with van der Waals surface area (Å²) in [6, 6.07) is 0. The average molecular weight is 199 g/mol. The molecular formula is C11H21NO2. The lowest BCUT2D eigenvalue weighted by molar-refractivity contribution is -0.142. The van der Waals surface area contributed by atoms with Gasteiger partial charge in [0.25, 0.3) is 0 Å². The Bertz CT molecular complexity index is 165. The van der Waals surface area contributed by atoms with Crippen molar-refractivity contribution in [2.24, 2.45) is 5.92 Å². The quantitative estimate of drug-likeness (QED) is 0.523. The Hall–Kier alpha value is -0.570. The average Bonchev–Trinajstić information content (AvgIpc) is 2.65. The molecule has 0 amide bonds. The van der Waals surface area contributed by atoms with Crippen LogP contribution in [0, 0.1) is 5.92 Å². The van der Waals surface area contributed by atoms with Crippen LogP contribution >= 0.6 is 0 Å². The van der Waals surface area contributed by atoms with Gasteiger partial charge in [-0.3, -0.25) is 4.79 Å². The molecule has 1 saturated carbocycles. The molecule has 14 heavy (non-hydrogen) atoms. The highest BCUT2D eigenvalue weighted by atomic mass is 16.5. The molecule has 0 bridgehead atoms. The number of hydrogen-bond acceptors (Lipinski definition) is 3. The van der Waals surface area contributed by atoms with Crippen LogP contribution in [0.3, 0.4) is 0 Å². The van der Waals surface area contributed by atoms with E-state index in [1.807, 2.05) is 6.92 Å². The summed E-state index contributed by atoms with van der Waals surface area (Å²) in [6.45, 7) is 4.15. The fourth-order valence-corrected chi connectivity index (χ4v) is 1.94. The molecular weight excluding hydrogens is 178 g/mol. The van der Waals surface area contributed by atoms with Crippen molar-refractivity contribution in [3.8, 4) is 0 Å². The highest BCUT2D eigenvalue weighted by Crippen LogP contribution is 2.23. The van der Waals surface area contributed by atoms with Gasteiger partial charge in [0.05, 0.1) is 13.0 Å². The van der Waals surface area contributed by atoms with Gasteiger partial charge in [0.2, 0.25) is 0 Å². The summed E-state index contributed by atoms with van der Waals surface area (Å²) in [5, 5.41) is 3.32. The van der Waals surface area contributed by atoms with Crippen LogP contribution in [0.1, 0.15) is 39.0 Å². The van der Waals surface area contributed by atoms with Gasteiger partial charge in [-0.25, -0.2) is 0 Å². The summed E-state index contributed by atoms with van der Waals surface area (Å²) in [6.07, 6.45) is 5.97. The van der Waals surface area contributed by atoms with Gasteiger partial charge in [-0.2, -0.15) is 0 Å². The zero-order valence-corrected chi connectivity index (χ0v) is 9.05. The number of hydrogen-bond donors (Lipinski definition) is 1. The third-order valence-electron chi connectivity index (χ3n) is 2.72. The number of ether oxygens (including phenoxy) is 1. The molecule has 0 atom stereocenters. The van der Waals surface area contributed by atoms with Gasteiger partial charge in [-0.05, 0) is 32.2 Å². The maximum Gasteiger partial charge on any atom is 0.307 e. The van der Waals surface area contributed by atoms with Gasteiger partial charge < -0.3 is 10.1 Å². The first-order chi connectivity index (χ1) is 6.83. The Labute approximate surface area is 86.2 Å². The molecule has 1 aliphatic rings. The largest absolute Gasteiger partial charge is 0.466 e. The molecule has 0 aromatic rings. The van der Waals surface area contributed by atoms with Crippen LogP contribution in [-0.2, 0) is 9.53 Å². The predicted octanol–water partition coefficient (Wildman–Crippen LogP) is 1.72. The van der Waals surface area contributed by atoms with E-state index in [0.717, 1.165) is 19.0 Å². The van der Waals surface area contributed by atoms with Crippen molar-refractivity contribution in [1.29, 1.82) is 0 Å². The summed E-state index contributed by atoms with van der Waals surface area (Å²) in [5.41, 5.74) is 0. The van der Waals surface area contributed by atoms with Gasteiger partial charge in [-0.1, -0.05) is 12.8 Å². The second-order valence-corrected chi connectivity index (χ2v) is 3.91. The third-order valence-corrected chi connectivity index (χ3v) is 2.72. The molecule has 0 radical (unpaired) electrons. The summed E-state index contributed by atoms with van der Waals surface area (Å²) in [4.78, 5) is 11.0. The van der Waals surface area contributed by atoms with E-state index in [1.165, 1.54) is 25.7 Å². The number of esters is 1. The maximum absolute atomic E-state index is 11.0. The van der Waals surface area contributed by atoms with Crippen LogP contribution in [0.2, 0.25) is 0 Å². The number of carbonyl (C=O) groups excluding carboxylic acids is 1. The molecule has 1 aliphatic carbocycles. The first kappa shape index (κ1) is 11.5. The Kier molecular flexibility index (Phi) is 5.60. The second kappa shape index (κ2) is 6.82. The van der Waals surface area contributed by atoms with Gasteiger partial charge in [0, 0.05) is 6.54 Å². The first-order valence-corrected chi connectivity index (χ1v) is 5.69. The Morgan fingerprint density at radius 2 is 2.14 bits per heavy atom. The lowest BCUT2D eigenvalue weighted by Gasteiger charge is -2.09. The number of carbonyl (C=O) groups is 1. The second-order valence-electron chi connectivity index (χ2n) is 3.91. The molecule has 82 valence electrons. The molecule has 0 heterocycles. The molecule has 1 N–H and O–H groups in total. The molecule has 0 aromatic carbocycles. The standard InChI is InChI=1S/C11H21NO2/c1-2-14-11(13)7-8-12-9-10-5-3-4-6-10/h10,12H,2-9H2,1H3. The van der Waals surface area contributed by atoms with Crippen LogP contribution in [0.15, 0.2) is 0 Å². The summed E-state index contributed by atoms with van der Waals surface area (Å²) in [7, 11) is 0. The zero-order valence-electron chi connectivity index (χ0n) is 9.05. The molecule has 3 nitrogen and oxygen atoms in total. The van der Waals surface area contributed by atoms with E-state index in [4.69, 9.17) is 4.74 Å². The van der Waals surface area contributed by atoms with Crippen LogP contribution < -0.4 is 5.32 Å². The van der Waals surface area contributed by atoms with Crippen molar-refractivity contribution < 1.29 is 9.53 Å². The zero-order chi connectivity index (χ0) is 10.2. The van der Waals surface area contributed by atoms with E-state index in [-0.39, 0.29) is 5.97 Å². The van der Waals surface area contributed by atoms with Crippen LogP contribution in [-0.4, -0.2) is 25.7 Å².